The van der Waals surface area contributed by atoms with Gasteiger partial charge in [-0.15, -0.1) is 0 Å². The van der Waals surface area contributed by atoms with Crippen molar-refractivity contribution in [3.8, 4) is 0 Å². The first kappa shape index (κ1) is 12.5. The second-order valence-corrected chi connectivity index (χ2v) is 3.98. The molecule has 1 fully saturated rings. The Morgan fingerprint density at radius 3 is 2.44 bits per heavy atom. The van der Waals surface area contributed by atoms with Gasteiger partial charge in [0.2, 0.25) is 0 Å². The molecule has 0 bridgehead atoms. The molecule has 1 aromatic carbocycles. The average Bonchev–Trinajstić information content (AvgIpc) is 2.40. The number of hydrogen-bond acceptors (Lipinski definition) is 5. The summed E-state index contributed by atoms with van der Waals surface area (Å²) in [6.45, 7) is 3.17. The lowest BCUT2D eigenvalue weighted by molar-refractivity contribution is -0.384. The zero-order chi connectivity index (χ0) is 13.0. The van der Waals surface area contributed by atoms with E-state index in [1.807, 2.05) is 5.01 Å². The number of hydrogen-bond donors (Lipinski definition) is 2. The maximum atomic E-state index is 11.9. The zero-order valence-corrected chi connectivity index (χ0v) is 9.76. The molecule has 2 rings (SSSR count). The van der Waals surface area contributed by atoms with Gasteiger partial charge >= 0.3 is 0 Å². The molecule has 0 aromatic heterocycles. The lowest BCUT2D eigenvalue weighted by atomic mass is 10.2. The van der Waals surface area contributed by atoms with Gasteiger partial charge in [-0.1, -0.05) is 0 Å². The van der Waals surface area contributed by atoms with Crippen LogP contribution in [0.15, 0.2) is 24.3 Å². The van der Waals surface area contributed by atoms with Gasteiger partial charge in [0.1, 0.15) is 0 Å². The largest absolute Gasteiger partial charge is 0.314 e. The van der Waals surface area contributed by atoms with Crippen LogP contribution < -0.4 is 10.7 Å². The van der Waals surface area contributed by atoms with Crippen molar-refractivity contribution in [2.45, 2.75) is 0 Å². The van der Waals surface area contributed by atoms with Gasteiger partial charge in [-0.3, -0.25) is 20.3 Å². The molecule has 18 heavy (non-hydrogen) atoms. The van der Waals surface area contributed by atoms with E-state index in [0.29, 0.717) is 5.56 Å². The Morgan fingerprint density at radius 2 is 1.89 bits per heavy atom. The molecule has 1 amide bonds. The highest BCUT2D eigenvalue weighted by atomic mass is 16.6. The van der Waals surface area contributed by atoms with Gasteiger partial charge in [-0.2, -0.15) is 0 Å². The van der Waals surface area contributed by atoms with Crippen molar-refractivity contribution >= 4 is 11.6 Å². The van der Waals surface area contributed by atoms with Crippen molar-refractivity contribution < 1.29 is 9.72 Å². The number of hydrazine groups is 1. The van der Waals surface area contributed by atoms with Gasteiger partial charge in [0, 0.05) is 43.9 Å². The molecule has 0 spiro atoms. The number of benzene rings is 1. The first-order valence-corrected chi connectivity index (χ1v) is 5.68. The van der Waals surface area contributed by atoms with E-state index in [1.54, 1.807) is 0 Å². The number of nitrogens with zero attached hydrogens (tertiary/aromatic N) is 2. The molecule has 1 aliphatic rings. The smallest absolute Gasteiger partial charge is 0.269 e. The molecular weight excluding hydrogens is 236 g/mol. The number of piperazine rings is 1. The fourth-order valence-corrected chi connectivity index (χ4v) is 1.72. The van der Waals surface area contributed by atoms with Crippen LogP contribution in [0.5, 0.6) is 0 Å². The first-order valence-electron chi connectivity index (χ1n) is 5.68. The maximum Gasteiger partial charge on any atom is 0.269 e. The molecule has 0 atom stereocenters. The Morgan fingerprint density at radius 1 is 1.28 bits per heavy atom. The lowest BCUT2D eigenvalue weighted by Gasteiger charge is -2.27. The number of nitro benzene ring substituents is 1. The Labute approximate surface area is 104 Å². The van der Waals surface area contributed by atoms with E-state index in [-0.39, 0.29) is 11.6 Å². The number of amides is 1. The van der Waals surface area contributed by atoms with E-state index in [2.05, 4.69) is 10.7 Å². The van der Waals surface area contributed by atoms with Crippen LogP contribution in [0.2, 0.25) is 0 Å². The molecular formula is C11H14N4O3. The van der Waals surface area contributed by atoms with Gasteiger partial charge in [0.05, 0.1) is 4.92 Å². The number of rotatable bonds is 3. The molecule has 1 heterocycles. The Balaban J connectivity index is 1.97. The van der Waals surface area contributed by atoms with E-state index in [1.165, 1.54) is 24.3 Å². The third kappa shape index (κ3) is 3.02. The molecule has 2 N–H and O–H groups in total. The summed E-state index contributed by atoms with van der Waals surface area (Å²) < 4.78 is 0. The van der Waals surface area contributed by atoms with Crippen molar-refractivity contribution in [1.82, 2.24) is 15.8 Å². The minimum absolute atomic E-state index is 0.0197. The third-order valence-electron chi connectivity index (χ3n) is 2.72. The maximum absolute atomic E-state index is 11.9. The van der Waals surface area contributed by atoms with Crippen LogP contribution in [0, 0.1) is 10.1 Å². The summed E-state index contributed by atoms with van der Waals surface area (Å²) in [5, 5.41) is 15.5. The van der Waals surface area contributed by atoms with Crippen molar-refractivity contribution in [3.63, 3.8) is 0 Å². The predicted octanol–water partition coefficient (Wildman–Crippen LogP) is 0.145. The van der Waals surface area contributed by atoms with Gasteiger partial charge in [-0.25, -0.2) is 5.01 Å². The quantitative estimate of drug-likeness (QED) is 0.588. The van der Waals surface area contributed by atoms with Gasteiger partial charge < -0.3 is 5.32 Å². The SMILES string of the molecule is O=C(NN1CCNCC1)c1ccc([N+](=O)[O-])cc1. The summed E-state index contributed by atoms with van der Waals surface area (Å²) in [7, 11) is 0. The van der Waals surface area contributed by atoms with E-state index < -0.39 is 4.92 Å². The van der Waals surface area contributed by atoms with Crippen molar-refractivity contribution in [2.24, 2.45) is 0 Å². The number of nitro groups is 1. The summed E-state index contributed by atoms with van der Waals surface area (Å²) in [5.41, 5.74) is 3.16. The van der Waals surface area contributed by atoms with Crippen LogP contribution in [0.25, 0.3) is 0 Å². The number of nitrogens with one attached hydrogen (secondary N) is 2. The highest BCUT2D eigenvalue weighted by molar-refractivity contribution is 5.94. The Bertz CT molecular complexity index is 440. The summed E-state index contributed by atoms with van der Waals surface area (Å²) in [5.74, 6) is -0.244. The minimum atomic E-state index is -0.488. The van der Waals surface area contributed by atoms with E-state index in [4.69, 9.17) is 0 Å². The van der Waals surface area contributed by atoms with Crippen LogP contribution >= 0.6 is 0 Å². The summed E-state index contributed by atoms with van der Waals surface area (Å²) in [6, 6.07) is 5.56. The summed E-state index contributed by atoms with van der Waals surface area (Å²) >= 11 is 0. The molecule has 1 aliphatic heterocycles. The van der Waals surface area contributed by atoms with Crippen LogP contribution in [0.3, 0.4) is 0 Å². The van der Waals surface area contributed by atoms with E-state index in [0.717, 1.165) is 26.2 Å². The molecule has 96 valence electrons. The fourth-order valence-electron chi connectivity index (χ4n) is 1.72. The van der Waals surface area contributed by atoms with Crippen molar-refractivity contribution in [3.05, 3.63) is 39.9 Å². The first-order chi connectivity index (χ1) is 8.66. The molecule has 1 aromatic rings. The Kier molecular flexibility index (Phi) is 3.85. The number of carbonyl (C=O) groups excluding carboxylic acids is 1. The number of carbonyl (C=O) groups is 1. The fraction of sp³-hybridized carbons (Fsp3) is 0.364. The normalized spacial score (nSPS) is 16.2. The summed E-state index contributed by atoms with van der Waals surface area (Å²) in [6.07, 6.45) is 0. The Hall–Kier alpha value is -1.99. The van der Waals surface area contributed by atoms with Crippen molar-refractivity contribution in [1.29, 1.82) is 0 Å². The average molecular weight is 250 g/mol. The van der Waals surface area contributed by atoms with Gasteiger partial charge in [-0.05, 0) is 12.1 Å². The second kappa shape index (κ2) is 5.56. The molecule has 0 unspecified atom stereocenters. The van der Waals surface area contributed by atoms with Crippen LogP contribution in [0.1, 0.15) is 10.4 Å². The lowest BCUT2D eigenvalue weighted by Crippen LogP contribution is -2.52. The van der Waals surface area contributed by atoms with Gasteiger partial charge in [0.15, 0.2) is 0 Å². The predicted molar refractivity (Wildman–Crippen MR) is 65.0 cm³/mol. The highest BCUT2D eigenvalue weighted by Gasteiger charge is 2.14. The molecule has 0 radical (unpaired) electrons. The second-order valence-electron chi connectivity index (χ2n) is 3.98. The molecule has 1 saturated heterocycles. The van der Waals surface area contributed by atoms with Crippen molar-refractivity contribution in [2.75, 3.05) is 26.2 Å². The third-order valence-corrected chi connectivity index (χ3v) is 2.72. The topological polar surface area (TPSA) is 87.5 Å². The minimum Gasteiger partial charge on any atom is -0.314 e. The zero-order valence-electron chi connectivity index (χ0n) is 9.76. The van der Waals surface area contributed by atoms with E-state index in [9.17, 15) is 14.9 Å². The van der Waals surface area contributed by atoms with Crippen LogP contribution in [-0.4, -0.2) is 42.0 Å². The highest BCUT2D eigenvalue weighted by Crippen LogP contribution is 2.11. The number of non-ortho nitro benzene ring substituents is 1. The van der Waals surface area contributed by atoms with Gasteiger partial charge in [0.25, 0.3) is 11.6 Å². The molecule has 7 heteroatoms. The molecule has 7 nitrogen and oxygen atoms in total. The molecule has 0 aliphatic carbocycles. The van der Waals surface area contributed by atoms with Crippen LogP contribution in [0.4, 0.5) is 5.69 Å². The molecule has 0 saturated carbocycles. The monoisotopic (exact) mass is 250 g/mol. The summed E-state index contributed by atoms with van der Waals surface area (Å²) in [4.78, 5) is 21.9. The van der Waals surface area contributed by atoms with E-state index >= 15 is 0 Å². The standard InChI is InChI=1S/C11H14N4O3/c16-11(13-14-7-5-12-6-8-14)9-1-3-10(4-2-9)15(17)18/h1-4,12H,5-8H2,(H,13,16). The van der Waals surface area contributed by atoms with Crippen LogP contribution in [-0.2, 0) is 0 Å².